The van der Waals surface area contributed by atoms with Crippen LogP contribution in [0.15, 0.2) is 249 Å². The van der Waals surface area contributed by atoms with Crippen LogP contribution < -0.4 is 0 Å². The van der Waals surface area contributed by atoms with Crippen molar-refractivity contribution < 1.29 is 0 Å². The van der Waals surface area contributed by atoms with Gasteiger partial charge in [-0.25, -0.2) is 0 Å². The molecule has 0 heterocycles. The molecule has 0 unspecified atom stereocenters. The lowest BCUT2D eigenvalue weighted by atomic mass is 9.92. The van der Waals surface area contributed by atoms with Gasteiger partial charge in [0.25, 0.3) is 0 Å². The van der Waals surface area contributed by atoms with Crippen LogP contribution in [0.4, 0.5) is 0 Å². The first kappa shape index (κ1) is 44.5. The Morgan fingerprint density at radius 1 is 0.188 bits per heavy atom. The minimum atomic E-state index is 1.32. The van der Waals surface area contributed by atoms with E-state index in [1.807, 2.05) is 0 Å². The van der Waals surface area contributed by atoms with E-state index in [4.69, 9.17) is 0 Å². The van der Waals surface area contributed by atoms with Crippen molar-refractivity contribution in [1.82, 2.24) is 0 Å². The Morgan fingerprint density at radius 3 is 1.26 bits per heavy atom. The Kier molecular flexibility index (Phi) is 12.8. The lowest BCUT2D eigenvalue weighted by molar-refractivity contribution is 1.51. The average molecular weight is 885 g/mol. The minimum absolute atomic E-state index is 1.32. The Morgan fingerprint density at radius 2 is 0.609 bits per heavy atom. The van der Waals surface area contributed by atoms with Crippen LogP contribution in [-0.4, -0.2) is 0 Å². The zero-order valence-electron chi connectivity index (χ0n) is 40.2. The lowest BCUT2D eigenvalue weighted by Crippen LogP contribution is -1.85. The standard InChI is InChI=1S/C17H12.2C15H12.2C11H10/c1-11-5-6-14-8-7-12-3-2-4-13-9-10-15(11)17(14)16(12)13;1-11-14-8-4-2-6-12(14)10-13-7-3-5-9-15(11)13;1-11-10-12-6-2-3-8-14(12)15-9-5-4-7-13(11)15;1-9-5-4-7-10-6-2-3-8-11(9)10;1-9-6-7-10-4-2-3-5-11(10)8-9/h2-10H,1H3;2*2-10H,1H3;2*2-8H,1H3. The summed E-state index contributed by atoms with van der Waals surface area (Å²) in [5.74, 6) is 0. The van der Waals surface area contributed by atoms with Crippen LogP contribution in [0.2, 0.25) is 0 Å². The van der Waals surface area contributed by atoms with Crippen LogP contribution in [0.3, 0.4) is 0 Å². The molecule has 0 saturated carbocycles. The molecular weight excluding hydrogens is 829 g/mol. The average Bonchev–Trinajstić information content (AvgIpc) is 3.40. The molecule has 0 aliphatic carbocycles. The van der Waals surface area contributed by atoms with Crippen LogP contribution in [0.5, 0.6) is 0 Å². The maximum absolute atomic E-state index is 2.26. The maximum Gasteiger partial charge on any atom is -0.00241 e. The Bertz CT molecular complexity index is 3980. The number of hydrogen-bond donors (Lipinski definition) is 0. The summed E-state index contributed by atoms with van der Waals surface area (Å²) >= 11 is 0. The fourth-order valence-electron chi connectivity index (χ4n) is 10.1. The number of rotatable bonds is 0. The molecule has 14 aromatic carbocycles. The van der Waals surface area contributed by atoms with Gasteiger partial charge in [0.1, 0.15) is 0 Å². The fraction of sp³-hybridized carbons (Fsp3) is 0.0725. The normalized spacial score (nSPS) is 11.0. The van der Waals surface area contributed by atoms with Crippen molar-refractivity contribution in [1.29, 1.82) is 0 Å². The molecule has 0 nitrogen and oxygen atoms in total. The van der Waals surface area contributed by atoms with Gasteiger partial charge in [-0.1, -0.05) is 248 Å². The summed E-state index contributed by atoms with van der Waals surface area (Å²) in [5, 5.41) is 24.3. The van der Waals surface area contributed by atoms with Crippen LogP contribution in [-0.2, 0) is 0 Å². The van der Waals surface area contributed by atoms with Crippen molar-refractivity contribution >= 4 is 97.0 Å². The molecule has 0 N–H and O–H groups in total. The molecule has 14 rings (SSSR count). The highest BCUT2D eigenvalue weighted by atomic mass is 14.1. The van der Waals surface area contributed by atoms with Crippen molar-refractivity contribution in [2.24, 2.45) is 0 Å². The predicted octanol–water partition coefficient (Wildman–Crippen LogP) is 19.8. The highest BCUT2D eigenvalue weighted by Gasteiger charge is 2.09. The topological polar surface area (TPSA) is 0 Å². The number of benzene rings is 14. The molecule has 0 aliphatic heterocycles. The first-order valence-electron chi connectivity index (χ1n) is 24.1. The third-order valence-electron chi connectivity index (χ3n) is 13.7. The molecule has 69 heavy (non-hydrogen) atoms. The van der Waals surface area contributed by atoms with Gasteiger partial charge in [0.15, 0.2) is 0 Å². The van der Waals surface area contributed by atoms with Gasteiger partial charge in [0.05, 0.1) is 0 Å². The molecule has 0 aliphatic rings. The van der Waals surface area contributed by atoms with E-state index in [0.29, 0.717) is 0 Å². The molecule has 0 spiro atoms. The molecular formula is C69H56. The van der Waals surface area contributed by atoms with E-state index in [1.54, 1.807) is 0 Å². The highest BCUT2D eigenvalue weighted by Crippen LogP contribution is 2.36. The monoisotopic (exact) mass is 884 g/mol. The summed E-state index contributed by atoms with van der Waals surface area (Å²) in [4.78, 5) is 0. The van der Waals surface area contributed by atoms with Gasteiger partial charge in [0, 0.05) is 0 Å². The largest absolute Gasteiger partial charge is 0.0616 e. The third kappa shape index (κ3) is 9.36. The van der Waals surface area contributed by atoms with E-state index in [9.17, 15) is 0 Å². The molecule has 0 atom stereocenters. The molecule has 0 radical (unpaired) electrons. The van der Waals surface area contributed by atoms with Crippen molar-refractivity contribution in [2.75, 3.05) is 0 Å². The molecule has 14 aromatic rings. The summed E-state index contributed by atoms with van der Waals surface area (Å²) in [6, 6.07) is 88.4. The first-order chi connectivity index (χ1) is 33.8. The summed E-state index contributed by atoms with van der Waals surface area (Å²) in [6.45, 7) is 10.8. The van der Waals surface area contributed by atoms with E-state index >= 15 is 0 Å². The highest BCUT2D eigenvalue weighted by molar-refractivity contribution is 6.23. The van der Waals surface area contributed by atoms with Crippen LogP contribution >= 0.6 is 0 Å². The second-order valence-electron chi connectivity index (χ2n) is 18.3. The van der Waals surface area contributed by atoms with E-state index in [-0.39, 0.29) is 0 Å². The van der Waals surface area contributed by atoms with Gasteiger partial charge >= 0.3 is 0 Å². The Hall–Kier alpha value is -8.32. The number of hydrogen-bond acceptors (Lipinski definition) is 0. The van der Waals surface area contributed by atoms with Crippen molar-refractivity contribution in [2.45, 2.75) is 34.6 Å². The minimum Gasteiger partial charge on any atom is -0.0616 e. The van der Waals surface area contributed by atoms with Gasteiger partial charge in [-0.2, -0.15) is 0 Å². The molecule has 0 aromatic heterocycles. The summed E-state index contributed by atoms with van der Waals surface area (Å²) in [6.07, 6.45) is 0. The van der Waals surface area contributed by atoms with Gasteiger partial charge in [-0.3, -0.25) is 0 Å². The van der Waals surface area contributed by atoms with Crippen molar-refractivity contribution in [3.63, 3.8) is 0 Å². The van der Waals surface area contributed by atoms with E-state index in [1.165, 1.54) is 125 Å². The third-order valence-corrected chi connectivity index (χ3v) is 13.7. The molecule has 332 valence electrons. The summed E-state index contributed by atoms with van der Waals surface area (Å²) in [5.41, 5.74) is 6.76. The molecule has 0 fully saturated rings. The lowest BCUT2D eigenvalue weighted by Gasteiger charge is -2.11. The van der Waals surface area contributed by atoms with Crippen LogP contribution in [0.1, 0.15) is 27.8 Å². The van der Waals surface area contributed by atoms with Gasteiger partial charge in [-0.05, 0) is 160 Å². The van der Waals surface area contributed by atoms with Crippen molar-refractivity contribution in [3.8, 4) is 0 Å². The first-order valence-corrected chi connectivity index (χ1v) is 24.1. The van der Waals surface area contributed by atoms with Crippen molar-refractivity contribution in [3.05, 3.63) is 277 Å². The predicted molar refractivity (Wildman–Crippen MR) is 305 cm³/mol. The molecule has 0 amide bonds. The van der Waals surface area contributed by atoms with Gasteiger partial charge < -0.3 is 0 Å². The number of aryl methyl sites for hydroxylation is 5. The van der Waals surface area contributed by atoms with Gasteiger partial charge in [-0.15, -0.1) is 0 Å². The second kappa shape index (κ2) is 19.9. The summed E-state index contributed by atoms with van der Waals surface area (Å²) < 4.78 is 0. The quantitative estimate of drug-likeness (QED) is 0.105. The van der Waals surface area contributed by atoms with E-state index in [2.05, 4.69) is 283 Å². The smallest absolute Gasteiger partial charge is 0.00241 e. The maximum atomic E-state index is 2.26. The molecule has 0 bridgehead atoms. The van der Waals surface area contributed by atoms with E-state index < -0.39 is 0 Å². The van der Waals surface area contributed by atoms with E-state index in [0.717, 1.165) is 0 Å². The molecule has 0 heteroatoms. The van der Waals surface area contributed by atoms with Gasteiger partial charge in [0.2, 0.25) is 0 Å². The second-order valence-corrected chi connectivity index (χ2v) is 18.3. The SMILES string of the molecule is Cc1c2ccccc2cc2ccccc12.Cc1cc2ccccc2c2ccccc12.Cc1ccc2ccc3cccc4ccc1c2c34.Cc1ccc2ccccc2c1.Cc1cccc2ccccc12. The molecule has 0 saturated heterocycles. The van der Waals surface area contributed by atoms with Crippen LogP contribution in [0.25, 0.3) is 97.0 Å². The Balaban J connectivity index is 0.000000101. The van der Waals surface area contributed by atoms with Crippen LogP contribution in [0, 0.1) is 34.6 Å². The number of fused-ring (bicyclic) bond motifs is 7. The zero-order valence-corrected chi connectivity index (χ0v) is 40.2. The zero-order chi connectivity index (χ0) is 47.3. The fourth-order valence-corrected chi connectivity index (χ4v) is 10.1. The Labute approximate surface area is 406 Å². The summed E-state index contributed by atoms with van der Waals surface area (Å²) in [7, 11) is 0.